The van der Waals surface area contributed by atoms with Gasteiger partial charge in [-0.2, -0.15) is 23.5 Å². The molecule has 0 saturated carbocycles. The molecule has 0 spiro atoms. The van der Waals surface area contributed by atoms with E-state index in [9.17, 15) is 28.0 Å². The first-order chi connectivity index (χ1) is 14.9. The monoisotopic (exact) mass is 440 g/mol. The van der Waals surface area contributed by atoms with E-state index in [0.29, 0.717) is 5.69 Å². The van der Waals surface area contributed by atoms with Crippen molar-refractivity contribution in [3.63, 3.8) is 0 Å². The lowest BCUT2D eigenvalue weighted by Gasteiger charge is -2.16. The fourth-order valence-electron chi connectivity index (χ4n) is 3.01. The van der Waals surface area contributed by atoms with E-state index < -0.39 is 34.2 Å². The van der Waals surface area contributed by atoms with Crippen LogP contribution in [0, 0.1) is 18.3 Å². The van der Waals surface area contributed by atoms with Crippen LogP contribution in [0.2, 0.25) is 0 Å². The molecule has 9 heteroatoms. The van der Waals surface area contributed by atoms with Gasteiger partial charge in [0.15, 0.2) is 5.69 Å². The largest absolute Gasteiger partial charge is 0.416 e. The topological polar surface area (TPSA) is 87.8 Å². The van der Waals surface area contributed by atoms with E-state index in [-0.39, 0.29) is 11.4 Å². The normalized spacial score (nSPS) is 11.7. The Bertz CT molecular complexity index is 1270. The van der Waals surface area contributed by atoms with Crippen LogP contribution in [0.5, 0.6) is 0 Å². The van der Waals surface area contributed by atoms with E-state index in [1.165, 1.54) is 19.1 Å². The lowest BCUT2D eigenvalue weighted by Crippen LogP contribution is -2.27. The number of carbonyl (C=O) groups is 1. The number of halogens is 3. The molecule has 3 rings (SSSR count). The summed E-state index contributed by atoms with van der Waals surface area (Å²) in [6, 6.07) is 14.3. The molecule has 1 heterocycles. The highest BCUT2D eigenvalue weighted by Gasteiger charge is 2.30. The molecule has 0 atom stereocenters. The van der Waals surface area contributed by atoms with Crippen LogP contribution in [0.25, 0.3) is 5.69 Å². The van der Waals surface area contributed by atoms with Gasteiger partial charge in [-0.05, 0) is 56.7 Å². The average Bonchev–Trinajstić information content (AvgIpc) is 2.73. The fraction of sp³-hybridized carbons (Fsp3) is 0.217. The second kappa shape index (κ2) is 8.30. The number of hydrogen-bond donors (Lipinski definition) is 1. The summed E-state index contributed by atoms with van der Waals surface area (Å²) in [7, 11) is 0. The van der Waals surface area contributed by atoms with Crippen molar-refractivity contribution in [2.45, 2.75) is 32.4 Å². The van der Waals surface area contributed by atoms with Gasteiger partial charge in [0.2, 0.25) is 5.43 Å². The van der Waals surface area contributed by atoms with Crippen molar-refractivity contribution >= 4 is 11.6 Å². The molecule has 0 bridgehead atoms. The Morgan fingerprint density at radius 1 is 1.06 bits per heavy atom. The molecular weight excluding hydrogens is 421 g/mol. The second-order valence-electron chi connectivity index (χ2n) is 7.73. The third-order valence-corrected chi connectivity index (χ3v) is 4.88. The molecule has 0 aliphatic heterocycles. The molecule has 0 aliphatic carbocycles. The van der Waals surface area contributed by atoms with Crippen molar-refractivity contribution in [3.8, 4) is 11.8 Å². The highest BCUT2D eigenvalue weighted by molar-refractivity contribution is 6.02. The number of hydrogen-bond acceptors (Lipinski definition) is 4. The van der Waals surface area contributed by atoms with Crippen molar-refractivity contribution in [3.05, 3.63) is 87.3 Å². The first-order valence-corrected chi connectivity index (χ1v) is 9.54. The number of carbonyl (C=O) groups excluding carboxylic acids is 1. The van der Waals surface area contributed by atoms with Crippen LogP contribution in [0.3, 0.4) is 0 Å². The third-order valence-electron chi connectivity index (χ3n) is 4.88. The molecule has 0 unspecified atom stereocenters. The zero-order valence-electron chi connectivity index (χ0n) is 17.5. The Kier molecular flexibility index (Phi) is 5.90. The minimum atomic E-state index is -4.55. The van der Waals surface area contributed by atoms with Gasteiger partial charge in [0.05, 0.1) is 22.7 Å². The maximum absolute atomic E-state index is 13.1. The summed E-state index contributed by atoms with van der Waals surface area (Å²) in [4.78, 5) is 25.0. The summed E-state index contributed by atoms with van der Waals surface area (Å²) < 4.78 is 40.3. The van der Waals surface area contributed by atoms with E-state index in [2.05, 4.69) is 16.5 Å². The highest BCUT2D eigenvalue weighted by atomic mass is 19.4. The number of nitrogens with one attached hydrogen (secondary N) is 1. The van der Waals surface area contributed by atoms with Gasteiger partial charge in [0.25, 0.3) is 5.91 Å². The minimum absolute atomic E-state index is 0.0643. The van der Waals surface area contributed by atoms with E-state index in [0.717, 1.165) is 28.4 Å². The zero-order valence-corrected chi connectivity index (χ0v) is 17.5. The minimum Gasteiger partial charge on any atom is -0.320 e. The van der Waals surface area contributed by atoms with Crippen molar-refractivity contribution in [2.75, 3.05) is 5.32 Å². The van der Waals surface area contributed by atoms with Crippen molar-refractivity contribution in [2.24, 2.45) is 0 Å². The van der Waals surface area contributed by atoms with Gasteiger partial charge in [0, 0.05) is 17.4 Å². The molecule has 3 aromatic rings. The Morgan fingerprint density at radius 3 is 2.31 bits per heavy atom. The lowest BCUT2D eigenvalue weighted by molar-refractivity contribution is -0.137. The van der Waals surface area contributed by atoms with Crippen molar-refractivity contribution < 1.29 is 18.0 Å². The molecule has 1 amide bonds. The molecule has 0 saturated heterocycles. The average molecular weight is 440 g/mol. The molecule has 2 aromatic carbocycles. The zero-order chi connectivity index (χ0) is 23.7. The molecule has 1 aromatic heterocycles. The number of rotatable bonds is 4. The number of anilines is 1. The van der Waals surface area contributed by atoms with Gasteiger partial charge in [-0.15, -0.1) is 0 Å². The number of amides is 1. The van der Waals surface area contributed by atoms with Crippen molar-refractivity contribution in [1.82, 2.24) is 9.78 Å². The van der Waals surface area contributed by atoms with Crippen LogP contribution < -0.4 is 10.7 Å². The summed E-state index contributed by atoms with van der Waals surface area (Å²) >= 11 is 0. The first-order valence-electron chi connectivity index (χ1n) is 9.54. The van der Waals surface area contributed by atoms with Gasteiger partial charge in [-0.25, -0.2) is 4.68 Å². The molecule has 32 heavy (non-hydrogen) atoms. The number of benzene rings is 2. The first kappa shape index (κ1) is 22.7. The summed E-state index contributed by atoms with van der Waals surface area (Å²) in [5, 5.41) is 15.8. The smallest absolute Gasteiger partial charge is 0.320 e. The molecule has 6 nitrogen and oxygen atoms in total. The summed E-state index contributed by atoms with van der Waals surface area (Å²) in [5.74, 6) is -0.803. The van der Waals surface area contributed by atoms with E-state index in [4.69, 9.17) is 0 Å². The number of aromatic nitrogens is 2. The van der Waals surface area contributed by atoms with Crippen LogP contribution in [-0.2, 0) is 11.6 Å². The predicted octanol–water partition coefficient (Wildman–Crippen LogP) is 4.61. The standard InChI is InChI=1S/C23H19F3N4O2/c1-14-11-19(31)20(29-30(14)18-6-4-5-16(12-18)23(24,25)26)21(32)28-17-9-7-15(8-10-17)22(2,3)13-27/h4-12H,1-3H3,(H,28,32). The fourth-order valence-corrected chi connectivity index (χ4v) is 3.01. The van der Waals surface area contributed by atoms with Gasteiger partial charge in [-0.3, -0.25) is 9.59 Å². The number of nitriles is 1. The van der Waals surface area contributed by atoms with Crippen LogP contribution >= 0.6 is 0 Å². The number of aryl methyl sites for hydroxylation is 1. The Balaban J connectivity index is 1.93. The third kappa shape index (κ3) is 4.70. The van der Waals surface area contributed by atoms with E-state index in [1.807, 2.05) is 0 Å². The summed E-state index contributed by atoms with van der Waals surface area (Å²) in [6.45, 7) is 5.02. The molecule has 1 N–H and O–H groups in total. The van der Waals surface area contributed by atoms with Crippen LogP contribution in [-0.4, -0.2) is 15.7 Å². The maximum Gasteiger partial charge on any atom is 0.416 e. The highest BCUT2D eigenvalue weighted by Crippen LogP contribution is 2.30. The quantitative estimate of drug-likeness (QED) is 0.642. The maximum atomic E-state index is 13.1. The Hall–Kier alpha value is -3.93. The number of alkyl halides is 3. The van der Waals surface area contributed by atoms with Gasteiger partial charge >= 0.3 is 6.18 Å². The van der Waals surface area contributed by atoms with Gasteiger partial charge < -0.3 is 5.32 Å². The van der Waals surface area contributed by atoms with Crippen LogP contribution in [0.15, 0.2) is 59.4 Å². The Labute approximate surface area is 181 Å². The SMILES string of the molecule is Cc1cc(=O)c(C(=O)Nc2ccc(C(C)(C)C#N)cc2)nn1-c1cccc(C(F)(F)F)c1. The van der Waals surface area contributed by atoms with E-state index in [1.54, 1.807) is 38.1 Å². The van der Waals surface area contributed by atoms with Crippen molar-refractivity contribution in [1.29, 1.82) is 5.26 Å². The lowest BCUT2D eigenvalue weighted by atomic mass is 9.86. The predicted molar refractivity (Wildman–Crippen MR) is 113 cm³/mol. The van der Waals surface area contributed by atoms with Crippen LogP contribution in [0.4, 0.5) is 18.9 Å². The molecule has 164 valence electrons. The molecule has 0 radical (unpaired) electrons. The van der Waals surface area contributed by atoms with Gasteiger partial charge in [0.1, 0.15) is 0 Å². The second-order valence-corrected chi connectivity index (χ2v) is 7.73. The Morgan fingerprint density at radius 2 is 1.72 bits per heavy atom. The molecular formula is C23H19F3N4O2. The summed E-state index contributed by atoms with van der Waals surface area (Å²) in [6.07, 6.45) is -4.55. The van der Waals surface area contributed by atoms with E-state index >= 15 is 0 Å². The molecule has 0 fully saturated rings. The van der Waals surface area contributed by atoms with Crippen LogP contribution in [0.1, 0.15) is 41.2 Å². The molecule has 0 aliphatic rings. The van der Waals surface area contributed by atoms with Gasteiger partial charge in [-0.1, -0.05) is 18.2 Å². The summed E-state index contributed by atoms with van der Waals surface area (Å²) in [5.41, 5.74) is -1.25. The number of nitrogens with zero attached hydrogens (tertiary/aromatic N) is 3.